The lowest BCUT2D eigenvalue weighted by atomic mass is 9.97. The fraction of sp³-hybridized carbons (Fsp3) is 0.389. The highest BCUT2D eigenvalue weighted by atomic mass is 16.4. The van der Waals surface area contributed by atoms with E-state index >= 15 is 0 Å². The standard InChI is InChI=1S/C18H23NO2/c1-13(19(12-17(20)21)18(2,3)4)15-10-9-14-7-5-6-8-16(14)11-15/h5-11,13H,12H2,1-4H3,(H,20,21). The minimum atomic E-state index is -0.794. The van der Waals surface area contributed by atoms with Gasteiger partial charge in [-0.25, -0.2) is 0 Å². The highest BCUT2D eigenvalue weighted by Gasteiger charge is 2.29. The Morgan fingerprint density at radius 3 is 2.33 bits per heavy atom. The molecule has 0 amide bonds. The summed E-state index contributed by atoms with van der Waals surface area (Å²) in [5.74, 6) is -0.794. The van der Waals surface area contributed by atoms with E-state index in [1.54, 1.807) is 0 Å². The molecule has 0 radical (unpaired) electrons. The maximum atomic E-state index is 11.2. The van der Waals surface area contributed by atoms with Crippen molar-refractivity contribution in [1.29, 1.82) is 0 Å². The van der Waals surface area contributed by atoms with E-state index in [4.69, 9.17) is 0 Å². The van der Waals surface area contributed by atoms with Crippen molar-refractivity contribution >= 4 is 16.7 Å². The summed E-state index contributed by atoms with van der Waals surface area (Å²) in [7, 11) is 0. The van der Waals surface area contributed by atoms with Crippen LogP contribution in [0.2, 0.25) is 0 Å². The molecule has 0 heterocycles. The van der Waals surface area contributed by atoms with E-state index in [9.17, 15) is 9.90 Å². The molecule has 0 aromatic heterocycles. The molecule has 1 atom stereocenters. The zero-order valence-electron chi connectivity index (χ0n) is 13.1. The first-order valence-electron chi connectivity index (χ1n) is 7.26. The molecular formula is C18H23NO2. The first-order chi connectivity index (χ1) is 9.79. The number of nitrogens with zero attached hydrogens (tertiary/aromatic N) is 1. The second kappa shape index (κ2) is 5.86. The summed E-state index contributed by atoms with van der Waals surface area (Å²) in [6.45, 7) is 8.25. The quantitative estimate of drug-likeness (QED) is 0.920. The molecule has 0 aliphatic rings. The SMILES string of the molecule is CC(c1ccc2ccccc2c1)N(CC(=O)O)C(C)(C)C. The van der Waals surface area contributed by atoms with Crippen molar-refractivity contribution in [3.63, 3.8) is 0 Å². The van der Waals surface area contributed by atoms with Gasteiger partial charge in [-0.15, -0.1) is 0 Å². The van der Waals surface area contributed by atoms with Crippen LogP contribution >= 0.6 is 0 Å². The molecule has 2 aromatic rings. The van der Waals surface area contributed by atoms with Crippen molar-refractivity contribution in [2.45, 2.75) is 39.3 Å². The average molecular weight is 285 g/mol. The lowest BCUT2D eigenvalue weighted by Gasteiger charge is -2.39. The number of carboxylic acids is 1. The summed E-state index contributed by atoms with van der Waals surface area (Å²) < 4.78 is 0. The topological polar surface area (TPSA) is 40.5 Å². The first-order valence-corrected chi connectivity index (χ1v) is 7.26. The van der Waals surface area contributed by atoms with Crippen molar-refractivity contribution < 1.29 is 9.90 Å². The van der Waals surface area contributed by atoms with Crippen LogP contribution in [-0.2, 0) is 4.79 Å². The summed E-state index contributed by atoms with van der Waals surface area (Å²) in [6, 6.07) is 14.6. The van der Waals surface area contributed by atoms with Crippen LogP contribution in [-0.4, -0.2) is 28.1 Å². The predicted octanol–water partition coefficient (Wildman–Crippen LogP) is 4.09. The molecule has 21 heavy (non-hydrogen) atoms. The number of benzene rings is 2. The molecule has 2 rings (SSSR count). The number of hydrogen-bond donors (Lipinski definition) is 1. The lowest BCUT2D eigenvalue weighted by Crippen LogP contribution is -2.45. The summed E-state index contributed by atoms with van der Waals surface area (Å²) in [5, 5.41) is 11.6. The molecule has 3 heteroatoms. The normalized spacial score (nSPS) is 13.6. The van der Waals surface area contributed by atoms with Gasteiger partial charge in [0.2, 0.25) is 0 Å². The summed E-state index contributed by atoms with van der Waals surface area (Å²) in [4.78, 5) is 13.2. The Morgan fingerprint density at radius 2 is 1.76 bits per heavy atom. The molecule has 1 N–H and O–H groups in total. The number of fused-ring (bicyclic) bond motifs is 1. The van der Waals surface area contributed by atoms with Crippen LogP contribution in [0.5, 0.6) is 0 Å². The average Bonchev–Trinajstić information content (AvgIpc) is 2.42. The van der Waals surface area contributed by atoms with E-state index in [0.29, 0.717) is 0 Å². The van der Waals surface area contributed by atoms with E-state index in [1.807, 2.05) is 37.8 Å². The number of rotatable bonds is 4. The number of hydrogen-bond acceptors (Lipinski definition) is 2. The van der Waals surface area contributed by atoms with E-state index in [-0.39, 0.29) is 18.1 Å². The third-order valence-electron chi connectivity index (χ3n) is 3.89. The molecule has 0 aliphatic carbocycles. The molecule has 112 valence electrons. The van der Waals surface area contributed by atoms with Gasteiger partial charge < -0.3 is 5.11 Å². The zero-order chi connectivity index (χ0) is 15.6. The van der Waals surface area contributed by atoms with Crippen molar-refractivity contribution in [1.82, 2.24) is 4.90 Å². The van der Waals surface area contributed by atoms with Gasteiger partial charge in [0.05, 0.1) is 6.54 Å². The monoisotopic (exact) mass is 285 g/mol. The number of carbonyl (C=O) groups is 1. The van der Waals surface area contributed by atoms with Crippen molar-refractivity contribution in [3.05, 3.63) is 48.0 Å². The van der Waals surface area contributed by atoms with Crippen LogP contribution in [0.4, 0.5) is 0 Å². The highest BCUT2D eigenvalue weighted by Crippen LogP contribution is 2.29. The number of aliphatic carboxylic acids is 1. The van der Waals surface area contributed by atoms with E-state index in [2.05, 4.69) is 37.3 Å². The molecule has 3 nitrogen and oxygen atoms in total. The van der Waals surface area contributed by atoms with Gasteiger partial charge in [0, 0.05) is 11.6 Å². The Bertz CT molecular complexity index is 643. The fourth-order valence-corrected chi connectivity index (χ4v) is 2.75. The summed E-state index contributed by atoms with van der Waals surface area (Å²) >= 11 is 0. The van der Waals surface area contributed by atoms with Crippen LogP contribution in [0.25, 0.3) is 10.8 Å². The molecule has 1 unspecified atom stereocenters. The molecule has 0 bridgehead atoms. The van der Waals surface area contributed by atoms with Crippen molar-refractivity contribution in [2.24, 2.45) is 0 Å². The van der Waals surface area contributed by atoms with Crippen LogP contribution in [0.15, 0.2) is 42.5 Å². The Kier molecular flexibility index (Phi) is 4.33. The van der Waals surface area contributed by atoms with Crippen LogP contribution in [0, 0.1) is 0 Å². The Labute approximate surface area is 126 Å². The van der Waals surface area contributed by atoms with Gasteiger partial charge in [-0.1, -0.05) is 36.4 Å². The fourth-order valence-electron chi connectivity index (χ4n) is 2.75. The molecule has 2 aromatic carbocycles. The van der Waals surface area contributed by atoms with Crippen molar-refractivity contribution in [3.8, 4) is 0 Å². The third-order valence-corrected chi connectivity index (χ3v) is 3.89. The van der Waals surface area contributed by atoms with E-state index < -0.39 is 5.97 Å². The van der Waals surface area contributed by atoms with Gasteiger partial charge in [0.1, 0.15) is 0 Å². The smallest absolute Gasteiger partial charge is 0.317 e. The van der Waals surface area contributed by atoms with Gasteiger partial charge >= 0.3 is 5.97 Å². The molecule has 0 fully saturated rings. The van der Waals surface area contributed by atoms with Gasteiger partial charge in [-0.05, 0) is 50.1 Å². The van der Waals surface area contributed by atoms with Crippen LogP contribution in [0.1, 0.15) is 39.3 Å². The number of carboxylic acid groups (broad SMARTS) is 1. The molecule has 0 spiro atoms. The van der Waals surface area contributed by atoms with Gasteiger partial charge in [0.15, 0.2) is 0 Å². The minimum Gasteiger partial charge on any atom is -0.480 e. The Hall–Kier alpha value is -1.87. The second-order valence-electron chi connectivity index (χ2n) is 6.48. The Morgan fingerprint density at radius 1 is 1.14 bits per heavy atom. The van der Waals surface area contributed by atoms with Crippen molar-refractivity contribution in [2.75, 3.05) is 6.54 Å². The maximum Gasteiger partial charge on any atom is 0.317 e. The molecule has 0 saturated carbocycles. The second-order valence-corrected chi connectivity index (χ2v) is 6.48. The van der Waals surface area contributed by atoms with Crippen LogP contribution in [0.3, 0.4) is 0 Å². The minimum absolute atomic E-state index is 0.0392. The predicted molar refractivity (Wildman–Crippen MR) is 86.5 cm³/mol. The molecule has 0 saturated heterocycles. The summed E-state index contributed by atoms with van der Waals surface area (Å²) in [5.41, 5.74) is 0.938. The van der Waals surface area contributed by atoms with Crippen LogP contribution < -0.4 is 0 Å². The summed E-state index contributed by atoms with van der Waals surface area (Å²) in [6.07, 6.45) is 0. The van der Waals surface area contributed by atoms with Gasteiger partial charge in [0.25, 0.3) is 0 Å². The Balaban J connectivity index is 2.38. The largest absolute Gasteiger partial charge is 0.480 e. The first kappa shape index (κ1) is 15.5. The molecular weight excluding hydrogens is 262 g/mol. The maximum absolute atomic E-state index is 11.2. The zero-order valence-corrected chi connectivity index (χ0v) is 13.1. The highest BCUT2D eigenvalue weighted by molar-refractivity contribution is 5.83. The van der Waals surface area contributed by atoms with Gasteiger partial charge in [-0.2, -0.15) is 0 Å². The van der Waals surface area contributed by atoms with Gasteiger partial charge in [-0.3, -0.25) is 9.69 Å². The third kappa shape index (κ3) is 3.61. The van der Waals surface area contributed by atoms with E-state index in [1.165, 1.54) is 10.8 Å². The van der Waals surface area contributed by atoms with E-state index in [0.717, 1.165) is 5.56 Å². The molecule has 0 aliphatic heterocycles. The lowest BCUT2D eigenvalue weighted by molar-refractivity contribution is -0.140.